The van der Waals surface area contributed by atoms with Crippen LogP contribution >= 0.6 is 11.8 Å². The van der Waals surface area contributed by atoms with Gasteiger partial charge in [0, 0.05) is 17.1 Å². The number of halogens is 2. The van der Waals surface area contributed by atoms with E-state index in [1.807, 2.05) is 0 Å². The lowest BCUT2D eigenvalue weighted by Crippen LogP contribution is -1.95. The van der Waals surface area contributed by atoms with Gasteiger partial charge in [-0.05, 0) is 24.3 Å². The van der Waals surface area contributed by atoms with Crippen LogP contribution in [0.15, 0.2) is 29.2 Å². The molecule has 0 aliphatic heterocycles. The molecule has 0 bridgehead atoms. The molecule has 0 heterocycles. The van der Waals surface area contributed by atoms with Gasteiger partial charge in [0.15, 0.2) is 0 Å². The number of carbonyl (C=O) groups is 1. The summed E-state index contributed by atoms with van der Waals surface area (Å²) in [5.41, 5.74) is 0.202. The van der Waals surface area contributed by atoms with Crippen LogP contribution in [0.1, 0.15) is 16.8 Å². The molecule has 1 aromatic carbocycles. The summed E-state index contributed by atoms with van der Waals surface area (Å²) < 4.78 is 23.6. The van der Waals surface area contributed by atoms with Crippen LogP contribution in [0, 0.1) is 0 Å². The molecular weight excluding hydrogens is 222 g/mol. The van der Waals surface area contributed by atoms with Gasteiger partial charge >= 0.3 is 5.97 Å². The Morgan fingerprint density at radius 3 is 2.40 bits per heavy atom. The molecule has 0 saturated heterocycles. The highest BCUT2D eigenvalue weighted by Crippen LogP contribution is 2.20. The lowest BCUT2D eigenvalue weighted by atomic mass is 10.2. The minimum atomic E-state index is -2.28. The summed E-state index contributed by atoms with van der Waals surface area (Å²) in [4.78, 5) is 11.3. The Kier molecular flexibility index (Phi) is 4.55. The first-order valence-corrected chi connectivity index (χ1v) is 5.32. The molecule has 1 N–H and O–H groups in total. The van der Waals surface area contributed by atoms with Gasteiger partial charge in [-0.3, -0.25) is 0 Å². The number of aromatic carboxylic acids is 1. The van der Waals surface area contributed by atoms with Crippen molar-refractivity contribution >= 4 is 17.7 Å². The second-order valence-corrected chi connectivity index (χ2v) is 4.03. The Morgan fingerprint density at radius 1 is 1.33 bits per heavy atom. The molecule has 0 spiro atoms. The maximum absolute atomic E-state index is 11.8. The maximum Gasteiger partial charge on any atom is 0.335 e. The fraction of sp³-hybridized carbons (Fsp3) is 0.300. The molecule has 0 saturated carbocycles. The van der Waals surface area contributed by atoms with E-state index in [0.29, 0.717) is 5.75 Å². The summed E-state index contributed by atoms with van der Waals surface area (Å²) in [7, 11) is 0. The van der Waals surface area contributed by atoms with Crippen molar-refractivity contribution in [1.82, 2.24) is 0 Å². The van der Waals surface area contributed by atoms with Crippen molar-refractivity contribution < 1.29 is 18.7 Å². The van der Waals surface area contributed by atoms with E-state index < -0.39 is 12.4 Å². The van der Waals surface area contributed by atoms with E-state index in [2.05, 4.69) is 0 Å². The zero-order chi connectivity index (χ0) is 11.3. The monoisotopic (exact) mass is 232 g/mol. The van der Waals surface area contributed by atoms with E-state index in [0.717, 1.165) is 4.90 Å². The smallest absolute Gasteiger partial charge is 0.335 e. The summed E-state index contributed by atoms with van der Waals surface area (Å²) >= 11 is 1.30. The highest BCUT2D eigenvalue weighted by molar-refractivity contribution is 7.99. The molecule has 5 heteroatoms. The summed E-state index contributed by atoms with van der Waals surface area (Å²) in [6.45, 7) is 0. The van der Waals surface area contributed by atoms with Gasteiger partial charge in [0.05, 0.1) is 5.56 Å². The van der Waals surface area contributed by atoms with Gasteiger partial charge in [-0.15, -0.1) is 11.8 Å². The molecule has 0 unspecified atom stereocenters. The van der Waals surface area contributed by atoms with Crippen LogP contribution in [0.5, 0.6) is 0 Å². The average Bonchev–Trinajstić information content (AvgIpc) is 2.18. The average molecular weight is 232 g/mol. The zero-order valence-corrected chi connectivity index (χ0v) is 8.64. The summed E-state index contributed by atoms with van der Waals surface area (Å²) in [5.74, 6) is -0.650. The minimum Gasteiger partial charge on any atom is -0.478 e. The van der Waals surface area contributed by atoms with Crippen LogP contribution in [-0.4, -0.2) is 23.3 Å². The first kappa shape index (κ1) is 12.0. The fourth-order valence-corrected chi connectivity index (χ4v) is 1.82. The zero-order valence-electron chi connectivity index (χ0n) is 7.82. The van der Waals surface area contributed by atoms with Crippen LogP contribution in [0.25, 0.3) is 0 Å². The molecule has 2 nitrogen and oxygen atoms in total. The normalized spacial score (nSPS) is 10.6. The third-order valence-corrected chi connectivity index (χ3v) is 2.75. The predicted molar refractivity (Wildman–Crippen MR) is 54.7 cm³/mol. The Bertz CT molecular complexity index is 325. The molecule has 0 radical (unpaired) electrons. The third kappa shape index (κ3) is 4.29. The third-order valence-electron chi connectivity index (χ3n) is 1.71. The number of carboxylic acids is 1. The number of thioether (sulfide) groups is 1. The van der Waals surface area contributed by atoms with E-state index in [1.54, 1.807) is 12.1 Å². The molecule has 15 heavy (non-hydrogen) atoms. The molecule has 0 aliphatic carbocycles. The van der Waals surface area contributed by atoms with Crippen LogP contribution in [0.3, 0.4) is 0 Å². The molecule has 0 amide bonds. The fourth-order valence-electron chi connectivity index (χ4n) is 0.960. The first-order chi connectivity index (χ1) is 7.09. The predicted octanol–water partition coefficient (Wildman–Crippen LogP) is 3.13. The number of hydrogen-bond donors (Lipinski definition) is 1. The van der Waals surface area contributed by atoms with E-state index in [4.69, 9.17) is 5.11 Å². The van der Waals surface area contributed by atoms with Gasteiger partial charge in [0.1, 0.15) is 0 Å². The summed E-state index contributed by atoms with van der Waals surface area (Å²) in [6.07, 6.45) is -2.43. The molecule has 1 rings (SSSR count). The van der Waals surface area contributed by atoms with Gasteiger partial charge < -0.3 is 5.11 Å². The van der Waals surface area contributed by atoms with Gasteiger partial charge in [0.2, 0.25) is 6.43 Å². The van der Waals surface area contributed by atoms with E-state index in [1.165, 1.54) is 23.9 Å². The number of alkyl halides is 2. The largest absolute Gasteiger partial charge is 0.478 e. The Hall–Kier alpha value is -1.10. The van der Waals surface area contributed by atoms with Crippen LogP contribution < -0.4 is 0 Å². The van der Waals surface area contributed by atoms with Crippen molar-refractivity contribution in [2.75, 3.05) is 5.75 Å². The van der Waals surface area contributed by atoms with Crippen molar-refractivity contribution in [1.29, 1.82) is 0 Å². The molecule has 0 atom stereocenters. The summed E-state index contributed by atoms with van der Waals surface area (Å²) in [5, 5.41) is 8.62. The van der Waals surface area contributed by atoms with E-state index in [9.17, 15) is 13.6 Å². The molecular formula is C10H10F2O2S. The quantitative estimate of drug-likeness (QED) is 0.792. The molecule has 1 aromatic rings. The maximum atomic E-state index is 11.8. The van der Waals surface area contributed by atoms with Gasteiger partial charge in [-0.25, -0.2) is 13.6 Å². The minimum absolute atomic E-state index is 0.147. The van der Waals surface area contributed by atoms with E-state index in [-0.39, 0.29) is 12.0 Å². The summed E-state index contributed by atoms with van der Waals surface area (Å²) in [6, 6.07) is 6.18. The Labute approximate surface area is 90.3 Å². The highest BCUT2D eigenvalue weighted by atomic mass is 32.2. The first-order valence-electron chi connectivity index (χ1n) is 4.34. The van der Waals surface area contributed by atoms with Crippen molar-refractivity contribution in [3.8, 4) is 0 Å². The van der Waals surface area contributed by atoms with Crippen molar-refractivity contribution in [3.05, 3.63) is 29.8 Å². The molecule has 0 aliphatic rings. The van der Waals surface area contributed by atoms with Gasteiger partial charge in [0.25, 0.3) is 0 Å². The molecule has 0 aromatic heterocycles. The van der Waals surface area contributed by atoms with Crippen LogP contribution in [0.4, 0.5) is 8.78 Å². The lowest BCUT2D eigenvalue weighted by molar-refractivity contribution is 0.0697. The van der Waals surface area contributed by atoms with Crippen molar-refractivity contribution in [3.63, 3.8) is 0 Å². The number of rotatable bonds is 5. The Balaban J connectivity index is 2.46. The molecule has 0 fully saturated rings. The highest BCUT2D eigenvalue weighted by Gasteiger charge is 2.04. The van der Waals surface area contributed by atoms with Gasteiger partial charge in [-0.1, -0.05) is 0 Å². The molecule has 82 valence electrons. The van der Waals surface area contributed by atoms with Crippen molar-refractivity contribution in [2.24, 2.45) is 0 Å². The van der Waals surface area contributed by atoms with Gasteiger partial charge in [-0.2, -0.15) is 0 Å². The lowest BCUT2D eigenvalue weighted by Gasteiger charge is -2.01. The van der Waals surface area contributed by atoms with Crippen LogP contribution in [0.2, 0.25) is 0 Å². The number of benzene rings is 1. The van der Waals surface area contributed by atoms with Crippen LogP contribution in [-0.2, 0) is 0 Å². The second-order valence-electron chi connectivity index (χ2n) is 2.86. The SMILES string of the molecule is O=C(O)c1ccc(SCCC(F)F)cc1. The number of hydrogen-bond acceptors (Lipinski definition) is 2. The van der Waals surface area contributed by atoms with E-state index >= 15 is 0 Å². The van der Waals surface area contributed by atoms with Crippen molar-refractivity contribution in [2.45, 2.75) is 17.7 Å². The number of carboxylic acid groups (broad SMARTS) is 1. The Morgan fingerprint density at radius 2 is 1.93 bits per heavy atom. The topological polar surface area (TPSA) is 37.3 Å². The second kappa shape index (κ2) is 5.70. The standard InChI is InChI=1S/C10H10F2O2S/c11-9(12)5-6-15-8-3-1-7(2-4-8)10(13)14/h1-4,9H,5-6H2,(H,13,14).